The van der Waals surface area contributed by atoms with Crippen LogP contribution in [-0.4, -0.2) is 30.4 Å². The Kier molecular flexibility index (Phi) is 5.29. The van der Waals surface area contributed by atoms with E-state index in [9.17, 15) is 26.8 Å². The van der Waals surface area contributed by atoms with E-state index in [0.717, 1.165) is 35.2 Å². The number of aromatic nitrogens is 2. The fourth-order valence-electron chi connectivity index (χ4n) is 2.58. The number of benzene rings is 2. The van der Waals surface area contributed by atoms with Crippen LogP contribution in [0.15, 0.2) is 58.2 Å². The second-order valence-corrected chi connectivity index (χ2v) is 8.25. The van der Waals surface area contributed by atoms with E-state index in [1.54, 1.807) is 6.07 Å². The summed E-state index contributed by atoms with van der Waals surface area (Å²) in [6.45, 7) is 1.51. The molecule has 0 fully saturated rings. The molecule has 7 nitrogen and oxygen atoms in total. The Morgan fingerprint density at radius 3 is 2.41 bits per heavy atom. The van der Waals surface area contributed by atoms with Gasteiger partial charge < -0.3 is 5.32 Å². The van der Waals surface area contributed by atoms with Gasteiger partial charge in [-0.3, -0.25) is 9.59 Å². The summed E-state index contributed by atoms with van der Waals surface area (Å²) in [7, 11) is -3.64. The Morgan fingerprint density at radius 2 is 1.76 bits per heavy atom. The van der Waals surface area contributed by atoms with Gasteiger partial charge >= 0.3 is 0 Å². The summed E-state index contributed by atoms with van der Waals surface area (Å²) in [5.74, 6) is -2.58. The summed E-state index contributed by atoms with van der Waals surface area (Å²) < 4.78 is 52.5. The van der Waals surface area contributed by atoms with E-state index < -0.39 is 44.2 Å². The molecule has 0 aliphatic carbocycles. The highest BCUT2D eigenvalue weighted by atomic mass is 32.2. The zero-order chi connectivity index (χ0) is 21.3. The van der Waals surface area contributed by atoms with Gasteiger partial charge in [-0.05, 0) is 37.3 Å². The maximum absolute atomic E-state index is 14.1. The molecular weight excluding hydrogens is 404 g/mol. The number of halogens is 2. The molecule has 1 N–H and O–H groups in total. The lowest BCUT2D eigenvalue weighted by molar-refractivity contribution is 0.101. The number of carbonyl (C=O) groups excluding carboxylic acids is 1. The molecule has 0 saturated carbocycles. The smallest absolute Gasteiger partial charge is 0.280 e. The van der Waals surface area contributed by atoms with E-state index in [4.69, 9.17) is 0 Å². The van der Waals surface area contributed by atoms with Gasteiger partial charge in [-0.25, -0.2) is 21.9 Å². The van der Waals surface area contributed by atoms with Crippen molar-refractivity contribution >= 4 is 21.4 Å². The van der Waals surface area contributed by atoms with Gasteiger partial charge in [0.05, 0.1) is 10.6 Å². The minimum absolute atomic E-state index is 0.0179. The fourth-order valence-corrected chi connectivity index (χ4v) is 3.23. The highest BCUT2D eigenvalue weighted by molar-refractivity contribution is 7.90. The van der Waals surface area contributed by atoms with Crippen molar-refractivity contribution in [1.82, 2.24) is 9.78 Å². The largest absolute Gasteiger partial charge is 0.318 e. The molecule has 3 rings (SSSR count). The molecule has 0 radical (unpaired) electrons. The number of nitrogens with zero attached hydrogens (tertiary/aromatic N) is 2. The second-order valence-electron chi connectivity index (χ2n) is 6.23. The van der Waals surface area contributed by atoms with Crippen LogP contribution in [0.3, 0.4) is 0 Å². The van der Waals surface area contributed by atoms with Crippen LogP contribution in [0.5, 0.6) is 0 Å². The summed E-state index contributed by atoms with van der Waals surface area (Å²) in [6, 6.07) is 9.61. The first-order valence-corrected chi connectivity index (χ1v) is 10.1. The average Bonchev–Trinajstić information content (AvgIpc) is 2.63. The maximum atomic E-state index is 14.1. The third kappa shape index (κ3) is 4.21. The molecule has 0 bridgehead atoms. The SMILES string of the molecule is Cc1cc(=O)c(C(=O)Nc2cc(S(C)(=O)=O)ccc2F)nn1-c1ccccc1F. The highest BCUT2D eigenvalue weighted by Crippen LogP contribution is 2.20. The van der Waals surface area contributed by atoms with Crippen molar-refractivity contribution in [2.24, 2.45) is 0 Å². The molecular formula is C19H15F2N3O4S. The lowest BCUT2D eigenvalue weighted by Crippen LogP contribution is -2.27. The zero-order valence-electron chi connectivity index (χ0n) is 15.3. The number of hydrogen-bond donors (Lipinski definition) is 1. The van der Waals surface area contributed by atoms with Crippen LogP contribution in [0.2, 0.25) is 0 Å². The van der Waals surface area contributed by atoms with Crippen LogP contribution in [0.1, 0.15) is 16.2 Å². The van der Waals surface area contributed by atoms with Crippen molar-refractivity contribution in [2.75, 3.05) is 11.6 Å². The topological polar surface area (TPSA) is 98.1 Å². The normalized spacial score (nSPS) is 11.3. The highest BCUT2D eigenvalue weighted by Gasteiger charge is 2.19. The monoisotopic (exact) mass is 419 g/mol. The van der Waals surface area contributed by atoms with Crippen LogP contribution in [-0.2, 0) is 9.84 Å². The Balaban J connectivity index is 2.04. The molecule has 1 heterocycles. The van der Waals surface area contributed by atoms with Gasteiger partial charge in [-0.1, -0.05) is 12.1 Å². The van der Waals surface area contributed by atoms with Crippen LogP contribution in [0.4, 0.5) is 14.5 Å². The van der Waals surface area contributed by atoms with E-state index in [1.165, 1.54) is 25.1 Å². The first kappa shape index (κ1) is 20.3. The van der Waals surface area contributed by atoms with E-state index in [0.29, 0.717) is 0 Å². The van der Waals surface area contributed by atoms with Gasteiger partial charge in [0.25, 0.3) is 5.91 Å². The van der Waals surface area contributed by atoms with E-state index >= 15 is 0 Å². The van der Waals surface area contributed by atoms with Gasteiger partial charge in [0.2, 0.25) is 5.43 Å². The zero-order valence-corrected chi connectivity index (χ0v) is 16.1. The Morgan fingerprint density at radius 1 is 1.07 bits per heavy atom. The fraction of sp³-hybridized carbons (Fsp3) is 0.105. The maximum Gasteiger partial charge on any atom is 0.280 e. The van der Waals surface area contributed by atoms with Gasteiger partial charge in [0.1, 0.15) is 17.3 Å². The molecule has 0 atom stereocenters. The van der Waals surface area contributed by atoms with Crippen molar-refractivity contribution in [2.45, 2.75) is 11.8 Å². The Bertz CT molecular complexity index is 1290. The van der Waals surface area contributed by atoms with Crippen LogP contribution < -0.4 is 10.7 Å². The number of aryl methyl sites for hydroxylation is 1. The first-order valence-electron chi connectivity index (χ1n) is 8.25. The molecule has 0 aliphatic heterocycles. The number of hydrogen-bond acceptors (Lipinski definition) is 5. The van der Waals surface area contributed by atoms with Gasteiger partial charge in [-0.15, -0.1) is 0 Å². The predicted molar refractivity (Wildman–Crippen MR) is 102 cm³/mol. The van der Waals surface area contributed by atoms with Crippen molar-refractivity contribution in [3.63, 3.8) is 0 Å². The van der Waals surface area contributed by atoms with Crippen LogP contribution >= 0.6 is 0 Å². The third-order valence-corrected chi connectivity index (χ3v) is 5.13. The summed E-state index contributed by atoms with van der Waals surface area (Å²) in [6.07, 6.45) is 0.931. The number of nitrogens with one attached hydrogen (secondary N) is 1. The lowest BCUT2D eigenvalue weighted by Gasteiger charge is -2.12. The molecule has 0 unspecified atom stereocenters. The molecule has 0 spiro atoms. The molecule has 1 aromatic heterocycles. The minimum atomic E-state index is -3.64. The summed E-state index contributed by atoms with van der Waals surface area (Å²) in [5.41, 5.74) is -1.50. The van der Waals surface area contributed by atoms with Gasteiger partial charge in [0.15, 0.2) is 15.5 Å². The quantitative estimate of drug-likeness (QED) is 0.655. The molecule has 0 saturated heterocycles. The molecule has 150 valence electrons. The summed E-state index contributed by atoms with van der Waals surface area (Å²) >= 11 is 0. The first-order chi connectivity index (χ1) is 13.6. The van der Waals surface area contributed by atoms with E-state index in [2.05, 4.69) is 10.4 Å². The van der Waals surface area contributed by atoms with Crippen LogP contribution in [0.25, 0.3) is 5.69 Å². The number of amides is 1. The summed E-state index contributed by atoms with van der Waals surface area (Å²) in [5, 5.41) is 6.06. The molecule has 0 aliphatic rings. The number of anilines is 1. The average molecular weight is 419 g/mol. The summed E-state index contributed by atoms with van der Waals surface area (Å²) in [4.78, 5) is 24.5. The number of para-hydroxylation sites is 1. The molecule has 10 heteroatoms. The molecule has 29 heavy (non-hydrogen) atoms. The minimum Gasteiger partial charge on any atom is -0.318 e. The van der Waals surface area contributed by atoms with Crippen molar-refractivity contribution < 1.29 is 22.0 Å². The number of rotatable bonds is 4. The van der Waals surface area contributed by atoms with Crippen molar-refractivity contribution in [3.05, 3.63) is 81.8 Å². The third-order valence-electron chi connectivity index (χ3n) is 4.02. The predicted octanol–water partition coefficient (Wildman–Crippen LogP) is 2.47. The van der Waals surface area contributed by atoms with Gasteiger partial charge in [0, 0.05) is 18.0 Å². The van der Waals surface area contributed by atoms with E-state index in [1.807, 2.05) is 0 Å². The lowest BCUT2D eigenvalue weighted by atomic mass is 10.2. The standard InChI is InChI=1S/C19H15F2N3O4S/c1-11-9-17(25)18(23-24(11)16-6-4-3-5-14(16)21)19(26)22-15-10-12(29(2,27)28)7-8-13(15)20/h3-10H,1-2H3,(H,22,26). The van der Waals surface area contributed by atoms with E-state index in [-0.39, 0.29) is 16.3 Å². The molecule has 2 aromatic carbocycles. The Labute approximate surface area is 164 Å². The van der Waals surface area contributed by atoms with Gasteiger partial charge in [-0.2, -0.15) is 5.10 Å². The molecule has 3 aromatic rings. The number of sulfone groups is 1. The van der Waals surface area contributed by atoms with Crippen molar-refractivity contribution in [1.29, 1.82) is 0 Å². The number of carbonyl (C=O) groups is 1. The Hall–Kier alpha value is -3.40. The second kappa shape index (κ2) is 7.55. The van der Waals surface area contributed by atoms with Crippen molar-refractivity contribution in [3.8, 4) is 5.69 Å². The van der Waals surface area contributed by atoms with Crippen LogP contribution in [0, 0.1) is 18.6 Å². The molecule has 1 amide bonds.